The number of carbonyl (C=O) groups excluding carboxylic acids is 3. The average Bonchev–Trinajstić information content (AvgIpc) is 2.43. The predicted octanol–water partition coefficient (Wildman–Crippen LogP) is 1.02. The van der Waals surface area contributed by atoms with Gasteiger partial charge in [-0.15, -0.1) is 0 Å². The normalized spacial score (nSPS) is 15.5. The summed E-state index contributed by atoms with van der Waals surface area (Å²) in [6, 6.07) is 6.49. The van der Waals surface area contributed by atoms with Gasteiger partial charge >= 0.3 is 0 Å². The van der Waals surface area contributed by atoms with Crippen molar-refractivity contribution in [3.63, 3.8) is 0 Å². The molecular weight excluding hydrogens is 294 g/mol. The van der Waals surface area contributed by atoms with Gasteiger partial charge in [-0.05, 0) is 25.0 Å². The van der Waals surface area contributed by atoms with Gasteiger partial charge in [0.05, 0.1) is 10.6 Å². The van der Waals surface area contributed by atoms with Gasteiger partial charge in [-0.2, -0.15) is 0 Å². The van der Waals surface area contributed by atoms with Crippen molar-refractivity contribution in [2.45, 2.75) is 19.3 Å². The molecule has 0 unspecified atom stereocenters. The number of halogens is 1. The number of amides is 3. The highest BCUT2D eigenvalue weighted by Gasteiger charge is 2.50. The third-order valence-electron chi connectivity index (χ3n) is 3.71. The molecule has 1 fully saturated rings. The van der Waals surface area contributed by atoms with Crippen LogP contribution >= 0.6 is 11.6 Å². The summed E-state index contributed by atoms with van der Waals surface area (Å²) in [5.74, 6) is -1.37. The molecule has 0 heterocycles. The SMILES string of the molecule is CNC(=O)C1(C(=O)NNC(=O)c2ccccc2Cl)CCC1. The standard InChI is InChI=1S/C14H16ClN3O3/c1-16-12(20)14(7-4-8-14)13(21)18-17-11(19)9-5-2-3-6-10(9)15/h2-3,5-6H,4,7-8H2,1H3,(H,16,20)(H,17,19)(H,18,21). The van der Waals surface area contributed by atoms with Gasteiger partial charge in [0.15, 0.2) is 0 Å². The maximum absolute atomic E-state index is 12.1. The first-order valence-electron chi connectivity index (χ1n) is 6.59. The summed E-state index contributed by atoms with van der Waals surface area (Å²) >= 11 is 5.90. The molecule has 1 aromatic rings. The van der Waals surface area contributed by atoms with Gasteiger partial charge in [-0.1, -0.05) is 30.2 Å². The van der Waals surface area contributed by atoms with Crippen molar-refractivity contribution in [2.24, 2.45) is 5.41 Å². The molecule has 1 aliphatic carbocycles. The van der Waals surface area contributed by atoms with Crippen LogP contribution in [0.4, 0.5) is 0 Å². The average molecular weight is 310 g/mol. The van der Waals surface area contributed by atoms with Crippen molar-refractivity contribution < 1.29 is 14.4 Å². The number of hydrazine groups is 1. The molecule has 7 heteroatoms. The molecule has 0 bridgehead atoms. The lowest BCUT2D eigenvalue weighted by Gasteiger charge is -2.37. The van der Waals surface area contributed by atoms with Gasteiger partial charge in [0.1, 0.15) is 5.41 Å². The summed E-state index contributed by atoms with van der Waals surface area (Å²) in [5, 5.41) is 2.77. The van der Waals surface area contributed by atoms with E-state index in [1.807, 2.05) is 0 Å². The Bertz CT molecular complexity index is 585. The number of hydrogen-bond donors (Lipinski definition) is 3. The first kappa shape index (κ1) is 15.3. The maximum atomic E-state index is 12.1. The van der Waals surface area contributed by atoms with Crippen LogP contribution in [0.1, 0.15) is 29.6 Å². The van der Waals surface area contributed by atoms with E-state index in [1.165, 1.54) is 7.05 Å². The molecule has 1 aliphatic rings. The zero-order valence-corrected chi connectivity index (χ0v) is 12.3. The summed E-state index contributed by atoms with van der Waals surface area (Å²) in [6.07, 6.45) is 1.75. The van der Waals surface area contributed by atoms with E-state index >= 15 is 0 Å². The van der Waals surface area contributed by atoms with E-state index in [-0.39, 0.29) is 16.5 Å². The molecule has 0 aliphatic heterocycles. The lowest BCUT2D eigenvalue weighted by atomic mass is 9.67. The molecule has 1 saturated carbocycles. The molecule has 3 amide bonds. The van der Waals surface area contributed by atoms with E-state index in [0.29, 0.717) is 12.8 Å². The van der Waals surface area contributed by atoms with Crippen LogP contribution in [0.15, 0.2) is 24.3 Å². The van der Waals surface area contributed by atoms with Crippen LogP contribution in [-0.2, 0) is 9.59 Å². The Kier molecular flexibility index (Phi) is 4.47. The lowest BCUT2D eigenvalue weighted by Crippen LogP contribution is -2.58. The zero-order chi connectivity index (χ0) is 15.5. The third kappa shape index (κ3) is 2.85. The minimum absolute atomic E-state index is 0.252. The lowest BCUT2D eigenvalue weighted by molar-refractivity contribution is -0.149. The quantitative estimate of drug-likeness (QED) is 0.575. The number of rotatable bonds is 3. The molecule has 2 rings (SSSR count). The van der Waals surface area contributed by atoms with Crippen molar-refractivity contribution in [3.8, 4) is 0 Å². The van der Waals surface area contributed by atoms with Gasteiger partial charge < -0.3 is 5.32 Å². The van der Waals surface area contributed by atoms with E-state index in [0.717, 1.165) is 6.42 Å². The van der Waals surface area contributed by atoms with E-state index in [4.69, 9.17) is 11.6 Å². The van der Waals surface area contributed by atoms with E-state index in [9.17, 15) is 14.4 Å². The molecule has 1 aromatic carbocycles. The molecule has 112 valence electrons. The molecule has 3 N–H and O–H groups in total. The largest absolute Gasteiger partial charge is 0.358 e. The molecule has 0 atom stereocenters. The summed E-state index contributed by atoms with van der Waals surface area (Å²) < 4.78 is 0. The summed E-state index contributed by atoms with van der Waals surface area (Å²) in [4.78, 5) is 35.9. The van der Waals surface area contributed by atoms with Crippen LogP contribution in [0.5, 0.6) is 0 Å². The first-order chi connectivity index (χ1) is 10.0. The van der Waals surface area contributed by atoms with Crippen molar-refractivity contribution in [1.82, 2.24) is 16.2 Å². The van der Waals surface area contributed by atoms with Crippen LogP contribution in [0.25, 0.3) is 0 Å². The van der Waals surface area contributed by atoms with E-state index in [1.54, 1.807) is 24.3 Å². The number of benzene rings is 1. The summed E-state index contributed by atoms with van der Waals surface area (Å²) in [5.41, 5.74) is 3.77. The first-order valence-corrected chi connectivity index (χ1v) is 6.96. The Labute approximate surface area is 127 Å². The van der Waals surface area contributed by atoms with Crippen molar-refractivity contribution in [3.05, 3.63) is 34.9 Å². The van der Waals surface area contributed by atoms with Gasteiger partial charge in [-0.3, -0.25) is 25.2 Å². The number of carbonyl (C=O) groups is 3. The van der Waals surface area contributed by atoms with Gasteiger partial charge in [0.2, 0.25) is 5.91 Å². The Morgan fingerprint density at radius 1 is 1.10 bits per heavy atom. The number of hydrogen-bond acceptors (Lipinski definition) is 3. The molecule has 6 nitrogen and oxygen atoms in total. The minimum atomic E-state index is -1.08. The Hall–Kier alpha value is -2.08. The van der Waals surface area contributed by atoms with E-state index < -0.39 is 17.2 Å². The second-order valence-corrected chi connectivity index (χ2v) is 5.31. The molecule has 0 spiro atoms. The Morgan fingerprint density at radius 3 is 2.29 bits per heavy atom. The molecule has 0 saturated heterocycles. The molecule has 0 radical (unpaired) electrons. The Morgan fingerprint density at radius 2 is 1.76 bits per heavy atom. The highest BCUT2D eigenvalue weighted by molar-refractivity contribution is 6.33. The second-order valence-electron chi connectivity index (χ2n) is 4.90. The third-order valence-corrected chi connectivity index (χ3v) is 4.04. The summed E-state index contributed by atoms with van der Waals surface area (Å²) in [6.45, 7) is 0. The zero-order valence-electron chi connectivity index (χ0n) is 11.5. The smallest absolute Gasteiger partial charge is 0.271 e. The maximum Gasteiger partial charge on any atom is 0.271 e. The molecular formula is C14H16ClN3O3. The number of nitrogens with one attached hydrogen (secondary N) is 3. The monoisotopic (exact) mass is 309 g/mol. The summed E-state index contributed by atoms with van der Waals surface area (Å²) in [7, 11) is 1.48. The van der Waals surface area contributed by atoms with Crippen LogP contribution in [0, 0.1) is 5.41 Å². The second kappa shape index (κ2) is 6.13. The van der Waals surface area contributed by atoms with Crippen molar-refractivity contribution in [1.29, 1.82) is 0 Å². The fourth-order valence-corrected chi connectivity index (χ4v) is 2.49. The Balaban J connectivity index is 2.00. The van der Waals surface area contributed by atoms with Gasteiger partial charge in [-0.25, -0.2) is 0 Å². The molecule has 21 heavy (non-hydrogen) atoms. The minimum Gasteiger partial charge on any atom is -0.358 e. The van der Waals surface area contributed by atoms with Crippen LogP contribution in [0.2, 0.25) is 5.02 Å². The van der Waals surface area contributed by atoms with Gasteiger partial charge in [0, 0.05) is 7.05 Å². The van der Waals surface area contributed by atoms with Gasteiger partial charge in [0.25, 0.3) is 11.8 Å². The molecule has 0 aromatic heterocycles. The highest BCUT2D eigenvalue weighted by atomic mass is 35.5. The fraction of sp³-hybridized carbons (Fsp3) is 0.357. The highest BCUT2D eigenvalue weighted by Crippen LogP contribution is 2.41. The predicted molar refractivity (Wildman–Crippen MR) is 77.4 cm³/mol. The fourth-order valence-electron chi connectivity index (χ4n) is 2.27. The van der Waals surface area contributed by atoms with Crippen molar-refractivity contribution >= 4 is 29.3 Å². The van der Waals surface area contributed by atoms with Crippen LogP contribution < -0.4 is 16.2 Å². The van der Waals surface area contributed by atoms with Crippen LogP contribution in [-0.4, -0.2) is 24.8 Å². The topological polar surface area (TPSA) is 87.3 Å². The van der Waals surface area contributed by atoms with Crippen molar-refractivity contribution in [2.75, 3.05) is 7.05 Å². The van der Waals surface area contributed by atoms with E-state index in [2.05, 4.69) is 16.2 Å². The van der Waals surface area contributed by atoms with Crippen LogP contribution in [0.3, 0.4) is 0 Å².